The van der Waals surface area contributed by atoms with Crippen LogP contribution in [0.2, 0.25) is 0 Å². The minimum Gasteiger partial charge on any atom is -0.458 e. The average molecular weight is 340 g/mol. The molecule has 0 saturated carbocycles. The minimum atomic E-state index is -2.85. The molecule has 0 aliphatic carbocycles. The van der Waals surface area contributed by atoms with Crippen molar-refractivity contribution in [3.63, 3.8) is 0 Å². The van der Waals surface area contributed by atoms with Crippen molar-refractivity contribution in [2.75, 3.05) is 77.9 Å². The minimum absolute atomic E-state index is 0.0999. The van der Waals surface area contributed by atoms with E-state index in [1.807, 2.05) is 0 Å². The van der Waals surface area contributed by atoms with Crippen LogP contribution < -0.4 is 4.90 Å². The van der Waals surface area contributed by atoms with Gasteiger partial charge in [-0.25, -0.2) is 13.2 Å². The number of nitrogens with one attached hydrogen (secondary N) is 1. The second-order valence-electron chi connectivity index (χ2n) is 5.03. The normalized spacial score (nSPS) is 18.2. The number of ether oxygens (including phenoxy) is 4. The summed E-state index contributed by atoms with van der Waals surface area (Å²) in [4.78, 5) is 12.6. The summed E-state index contributed by atoms with van der Waals surface area (Å²) in [6.45, 7) is 3.73. The van der Waals surface area contributed by atoms with Gasteiger partial charge in [-0.3, -0.25) is 0 Å². The molecule has 0 aromatic carbocycles. The monoisotopic (exact) mass is 340 g/mol. The van der Waals surface area contributed by atoms with E-state index in [4.69, 9.17) is 18.9 Å². The molecule has 8 nitrogen and oxygen atoms in total. The van der Waals surface area contributed by atoms with Gasteiger partial charge in [0.2, 0.25) is 0 Å². The molecule has 0 aromatic rings. The lowest BCUT2D eigenvalue weighted by atomic mass is 10.5. The van der Waals surface area contributed by atoms with Crippen molar-refractivity contribution >= 4 is 15.8 Å². The maximum atomic E-state index is 11.4. The zero-order valence-corrected chi connectivity index (χ0v) is 13.9. The molecule has 1 N–H and O–H groups in total. The summed E-state index contributed by atoms with van der Waals surface area (Å²) in [6.07, 6.45) is 0. The summed E-state index contributed by atoms with van der Waals surface area (Å²) in [7, 11) is -1.25. The zero-order valence-electron chi connectivity index (χ0n) is 13.0. The Morgan fingerprint density at radius 2 is 1.64 bits per heavy atom. The van der Waals surface area contributed by atoms with Crippen molar-refractivity contribution in [2.45, 2.75) is 0 Å². The van der Waals surface area contributed by atoms with Gasteiger partial charge in [0.15, 0.2) is 9.84 Å². The van der Waals surface area contributed by atoms with Crippen molar-refractivity contribution in [3.8, 4) is 0 Å². The third kappa shape index (κ3) is 9.31. The Hall–Kier alpha value is -0.740. The van der Waals surface area contributed by atoms with Gasteiger partial charge in [-0.15, -0.1) is 0 Å². The van der Waals surface area contributed by atoms with E-state index in [2.05, 4.69) is 0 Å². The number of hydrogen-bond donors (Lipinski definition) is 1. The van der Waals surface area contributed by atoms with Gasteiger partial charge in [-0.05, 0) is 0 Å². The van der Waals surface area contributed by atoms with Crippen molar-refractivity contribution in [1.82, 2.24) is 0 Å². The zero-order chi connectivity index (χ0) is 16.3. The second-order valence-corrected chi connectivity index (χ2v) is 7.33. The molecule has 0 atom stereocenters. The first kappa shape index (κ1) is 19.3. The number of carbonyl (C=O) groups excluding carboxylic acids is 1. The number of hydrogen-bond acceptors (Lipinski definition) is 7. The number of rotatable bonds is 11. The Bertz CT molecular complexity index is 399. The van der Waals surface area contributed by atoms with Gasteiger partial charge >= 0.3 is 5.97 Å². The smallest absolute Gasteiger partial charge is 0.332 e. The fraction of sp³-hybridized carbons (Fsp3) is 0.923. The SMILES string of the molecule is COCCOCCOCC(=O)OCC[NH+]1CCS(=O)(=O)CC1. The first-order valence-electron chi connectivity index (χ1n) is 7.37. The lowest BCUT2D eigenvalue weighted by Gasteiger charge is -2.23. The van der Waals surface area contributed by atoms with Gasteiger partial charge < -0.3 is 23.8 Å². The van der Waals surface area contributed by atoms with E-state index in [0.717, 1.165) is 4.90 Å². The predicted molar refractivity (Wildman–Crippen MR) is 78.7 cm³/mol. The molecule has 0 radical (unpaired) electrons. The number of esters is 1. The summed E-state index contributed by atoms with van der Waals surface area (Å²) in [5.41, 5.74) is 0. The molecule has 130 valence electrons. The Balaban J connectivity index is 1.93. The summed E-state index contributed by atoms with van der Waals surface area (Å²) < 4.78 is 42.7. The van der Waals surface area contributed by atoms with E-state index in [9.17, 15) is 13.2 Å². The molecular weight excluding hydrogens is 314 g/mol. The molecule has 22 heavy (non-hydrogen) atoms. The Morgan fingerprint density at radius 1 is 1.00 bits per heavy atom. The standard InChI is InChI=1S/C13H25NO7S/c1-18-6-7-19-8-9-20-12-13(15)21-5-2-14-3-10-22(16,17)11-4-14/h2-12H2,1H3/p+1. The van der Waals surface area contributed by atoms with Crippen molar-refractivity contribution < 1.29 is 37.1 Å². The molecule has 1 fully saturated rings. The van der Waals surface area contributed by atoms with E-state index < -0.39 is 15.8 Å². The fourth-order valence-corrected chi connectivity index (χ4v) is 3.35. The van der Waals surface area contributed by atoms with Crippen molar-refractivity contribution in [2.24, 2.45) is 0 Å². The Labute approximate surface area is 131 Å². The van der Waals surface area contributed by atoms with Crippen LogP contribution in [0.4, 0.5) is 0 Å². The molecule has 1 aliphatic heterocycles. The number of methoxy groups -OCH3 is 1. The number of carbonyl (C=O) groups is 1. The van der Waals surface area contributed by atoms with Crippen LogP contribution in [0.1, 0.15) is 0 Å². The first-order valence-corrected chi connectivity index (χ1v) is 9.19. The molecule has 1 aliphatic rings. The van der Waals surface area contributed by atoms with Crippen molar-refractivity contribution in [1.29, 1.82) is 0 Å². The number of quaternary nitrogens is 1. The third-order valence-corrected chi connectivity index (χ3v) is 4.93. The molecule has 1 rings (SSSR count). The van der Waals surface area contributed by atoms with Crippen molar-refractivity contribution in [3.05, 3.63) is 0 Å². The summed E-state index contributed by atoms with van der Waals surface area (Å²) in [5.74, 6) is 0.00574. The Morgan fingerprint density at radius 3 is 2.32 bits per heavy atom. The largest absolute Gasteiger partial charge is 0.458 e. The van der Waals surface area contributed by atoms with Crippen LogP contribution in [-0.2, 0) is 33.6 Å². The molecule has 0 spiro atoms. The van der Waals surface area contributed by atoms with Crippen LogP contribution in [0.5, 0.6) is 0 Å². The summed E-state index contributed by atoms with van der Waals surface area (Å²) in [6, 6.07) is 0. The fourth-order valence-electron chi connectivity index (χ4n) is 1.95. The summed E-state index contributed by atoms with van der Waals surface area (Å²) >= 11 is 0. The second kappa shape index (κ2) is 10.9. The van der Waals surface area contributed by atoms with Gasteiger partial charge in [0.25, 0.3) is 0 Å². The Kier molecular flexibility index (Phi) is 9.56. The molecule has 1 heterocycles. The van der Waals surface area contributed by atoms with Gasteiger partial charge in [-0.2, -0.15) is 0 Å². The van der Waals surface area contributed by atoms with Gasteiger partial charge in [0, 0.05) is 7.11 Å². The highest BCUT2D eigenvalue weighted by atomic mass is 32.2. The first-order chi connectivity index (χ1) is 10.5. The molecular formula is C13H26NO7S+. The predicted octanol–water partition coefficient (Wildman–Crippen LogP) is -2.48. The lowest BCUT2D eigenvalue weighted by molar-refractivity contribution is -0.896. The van der Waals surface area contributed by atoms with E-state index in [0.29, 0.717) is 46.1 Å². The quantitative estimate of drug-likeness (QED) is 0.329. The maximum absolute atomic E-state index is 11.4. The molecule has 1 saturated heterocycles. The average Bonchev–Trinajstić information content (AvgIpc) is 2.48. The molecule has 0 aromatic heterocycles. The van der Waals surface area contributed by atoms with Crippen LogP contribution >= 0.6 is 0 Å². The molecule has 9 heteroatoms. The highest BCUT2D eigenvalue weighted by Crippen LogP contribution is 1.90. The highest BCUT2D eigenvalue weighted by molar-refractivity contribution is 7.91. The van der Waals surface area contributed by atoms with Crippen LogP contribution in [0.15, 0.2) is 0 Å². The van der Waals surface area contributed by atoms with Gasteiger partial charge in [-0.1, -0.05) is 0 Å². The van der Waals surface area contributed by atoms with Crippen LogP contribution in [-0.4, -0.2) is 92.3 Å². The van der Waals surface area contributed by atoms with E-state index in [-0.39, 0.29) is 24.7 Å². The number of sulfone groups is 1. The van der Waals surface area contributed by atoms with E-state index in [1.165, 1.54) is 0 Å². The molecule has 0 unspecified atom stereocenters. The molecule has 0 amide bonds. The van der Waals surface area contributed by atoms with Crippen LogP contribution in [0.25, 0.3) is 0 Å². The molecule has 0 bridgehead atoms. The third-order valence-electron chi connectivity index (χ3n) is 3.28. The summed E-state index contributed by atoms with van der Waals surface area (Å²) in [5, 5.41) is 0. The van der Waals surface area contributed by atoms with Crippen LogP contribution in [0.3, 0.4) is 0 Å². The van der Waals surface area contributed by atoms with E-state index in [1.54, 1.807) is 7.11 Å². The van der Waals surface area contributed by atoms with Gasteiger partial charge in [0.1, 0.15) is 19.8 Å². The maximum Gasteiger partial charge on any atom is 0.332 e. The topological polar surface area (TPSA) is 92.6 Å². The van der Waals surface area contributed by atoms with E-state index >= 15 is 0 Å². The lowest BCUT2D eigenvalue weighted by Crippen LogP contribution is -3.14. The highest BCUT2D eigenvalue weighted by Gasteiger charge is 2.24. The van der Waals surface area contributed by atoms with Crippen LogP contribution in [0, 0.1) is 0 Å². The van der Waals surface area contributed by atoms with Gasteiger partial charge in [0.05, 0.1) is 51.0 Å².